The van der Waals surface area contributed by atoms with E-state index in [1.165, 1.54) is 23.1 Å². The van der Waals surface area contributed by atoms with Crippen LogP contribution in [-0.2, 0) is 26.2 Å². The first-order chi connectivity index (χ1) is 18.6. The highest BCUT2D eigenvalue weighted by Gasteiger charge is 2.34. The third-order valence-corrected chi connectivity index (χ3v) is 8.60. The molecule has 0 radical (unpaired) electrons. The lowest BCUT2D eigenvalue weighted by Gasteiger charge is -2.34. The maximum Gasteiger partial charge on any atom is 0.264 e. The third kappa shape index (κ3) is 7.64. The normalized spacial score (nSPS) is 12.5. The number of anilines is 1. The Morgan fingerprint density at radius 2 is 1.55 bits per heavy atom. The molecule has 0 aromatic heterocycles. The van der Waals surface area contributed by atoms with E-state index < -0.39 is 34.1 Å². The van der Waals surface area contributed by atoms with Crippen LogP contribution in [-0.4, -0.2) is 43.3 Å². The molecule has 214 valence electrons. The van der Waals surface area contributed by atoms with E-state index in [0.29, 0.717) is 16.3 Å². The lowest BCUT2D eigenvalue weighted by Crippen LogP contribution is -2.54. The Morgan fingerprint density at radius 1 is 0.925 bits per heavy atom. The summed E-state index contributed by atoms with van der Waals surface area (Å²) in [7, 11) is -4.17. The van der Waals surface area contributed by atoms with Gasteiger partial charge < -0.3 is 10.2 Å². The zero-order valence-corrected chi connectivity index (χ0v) is 25.7. The van der Waals surface area contributed by atoms with Gasteiger partial charge in [-0.05, 0) is 89.4 Å². The van der Waals surface area contributed by atoms with Crippen LogP contribution in [0.1, 0.15) is 49.9 Å². The van der Waals surface area contributed by atoms with Crippen molar-refractivity contribution in [1.29, 1.82) is 0 Å². The fourth-order valence-corrected chi connectivity index (χ4v) is 5.87. The number of sulfonamides is 1. The number of nitrogens with zero attached hydrogens (tertiary/aromatic N) is 2. The van der Waals surface area contributed by atoms with Crippen LogP contribution in [0.2, 0.25) is 5.02 Å². The van der Waals surface area contributed by atoms with Crippen LogP contribution in [0.5, 0.6) is 0 Å². The van der Waals surface area contributed by atoms with Crippen molar-refractivity contribution in [2.75, 3.05) is 10.8 Å². The maximum absolute atomic E-state index is 14.1. The highest BCUT2D eigenvalue weighted by atomic mass is 35.5. The summed E-state index contributed by atoms with van der Waals surface area (Å²) in [4.78, 5) is 28.8. The molecule has 1 unspecified atom stereocenters. The SMILES string of the molecule is Cc1ccc(S(=O)(=O)N(CC(=O)N(Cc2ccccc2C)C(C)C(=O)NC(C)(C)C)c2cc(Cl)ccc2C)cc1. The van der Waals surface area contributed by atoms with Crippen LogP contribution in [0.15, 0.2) is 71.6 Å². The number of rotatable bonds is 9. The number of nitrogens with one attached hydrogen (secondary N) is 1. The van der Waals surface area contributed by atoms with Gasteiger partial charge in [0.15, 0.2) is 0 Å². The summed E-state index contributed by atoms with van der Waals surface area (Å²) in [5.74, 6) is -0.851. The van der Waals surface area contributed by atoms with Crippen LogP contribution >= 0.6 is 11.6 Å². The van der Waals surface area contributed by atoms with E-state index in [2.05, 4.69) is 5.32 Å². The molecule has 7 nitrogen and oxygen atoms in total. The Labute approximate surface area is 243 Å². The van der Waals surface area contributed by atoms with Gasteiger partial charge in [0.2, 0.25) is 11.8 Å². The topological polar surface area (TPSA) is 86.8 Å². The fraction of sp³-hybridized carbons (Fsp3) is 0.355. The molecule has 0 fully saturated rings. The van der Waals surface area contributed by atoms with Gasteiger partial charge >= 0.3 is 0 Å². The molecule has 0 aliphatic heterocycles. The number of carbonyl (C=O) groups excluding carboxylic acids is 2. The van der Waals surface area contributed by atoms with E-state index in [0.717, 1.165) is 21.0 Å². The van der Waals surface area contributed by atoms with Crippen molar-refractivity contribution in [2.45, 2.75) is 71.5 Å². The molecule has 1 N–H and O–H groups in total. The Hall–Kier alpha value is -3.36. The number of halogens is 1. The minimum absolute atomic E-state index is 0.0502. The molecule has 0 aliphatic rings. The molecule has 0 saturated heterocycles. The Morgan fingerprint density at radius 3 is 2.15 bits per heavy atom. The van der Waals surface area contributed by atoms with E-state index in [1.807, 2.05) is 58.9 Å². The molecule has 40 heavy (non-hydrogen) atoms. The second-order valence-corrected chi connectivity index (χ2v) is 13.4. The molecular weight excluding hydrogens is 546 g/mol. The summed E-state index contributed by atoms with van der Waals surface area (Å²) in [6.45, 7) is 12.4. The standard InChI is InChI=1S/C31H38ClN3O4S/c1-21-12-16-27(17-13-21)40(38,39)35(28-18-26(32)15-14-23(28)3)20-29(36)34(19-25-11-9-8-10-22(25)2)24(4)30(37)33-31(5,6)7/h8-18,24H,19-20H2,1-7H3,(H,33,37). The number of benzene rings is 3. The largest absolute Gasteiger partial charge is 0.350 e. The zero-order valence-electron chi connectivity index (χ0n) is 24.2. The Balaban J connectivity index is 2.09. The summed E-state index contributed by atoms with van der Waals surface area (Å²) >= 11 is 6.29. The molecule has 1 atom stereocenters. The van der Waals surface area contributed by atoms with Crippen molar-refractivity contribution < 1.29 is 18.0 Å². The summed E-state index contributed by atoms with van der Waals surface area (Å²) in [5.41, 5.74) is 3.14. The summed E-state index contributed by atoms with van der Waals surface area (Å²) in [5, 5.41) is 3.28. The third-order valence-electron chi connectivity index (χ3n) is 6.60. The van der Waals surface area contributed by atoms with Crippen LogP contribution in [0.25, 0.3) is 0 Å². The van der Waals surface area contributed by atoms with Crippen molar-refractivity contribution in [1.82, 2.24) is 10.2 Å². The van der Waals surface area contributed by atoms with Crippen molar-refractivity contribution in [3.8, 4) is 0 Å². The summed E-state index contributed by atoms with van der Waals surface area (Å²) < 4.78 is 29.1. The number of hydrogen-bond acceptors (Lipinski definition) is 4. The predicted octanol–water partition coefficient (Wildman–Crippen LogP) is 5.79. The van der Waals surface area contributed by atoms with Crippen LogP contribution in [0.3, 0.4) is 0 Å². The van der Waals surface area contributed by atoms with Crippen LogP contribution in [0, 0.1) is 20.8 Å². The molecular formula is C31H38ClN3O4S. The van der Waals surface area contributed by atoms with Crippen molar-refractivity contribution >= 4 is 39.1 Å². The van der Waals surface area contributed by atoms with Gasteiger partial charge in [-0.1, -0.05) is 59.6 Å². The van der Waals surface area contributed by atoms with Crippen molar-refractivity contribution in [3.63, 3.8) is 0 Å². The van der Waals surface area contributed by atoms with Crippen molar-refractivity contribution in [2.24, 2.45) is 0 Å². The van der Waals surface area contributed by atoms with Crippen LogP contribution < -0.4 is 9.62 Å². The zero-order chi connectivity index (χ0) is 29.8. The number of hydrogen-bond donors (Lipinski definition) is 1. The van der Waals surface area contributed by atoms with Crippen LogP contribution in [0.4, 0.5) is 5.69 Å². The molecule has 2 amide bonds. The molecule has 0 aliphatic carbocycles. The van der Waals surface area contributed by atoms with E-state index in [4.69, 9.17) is 11.6 Å². The van der Waals surface area contributed by atoms with E-state index in [1.54, 1.807) is 38.1 Å². The predicted molar refractivity (Wildman–Crippen MR) is 161 cm³/mol. The molecule has 3 aromatic rings. The number of amides is 2. The van der Waals surface area contributed by atoms with E-state index in [-0.39, 0.29) is 17.3 Å². The van der Waals surface area contributed by atoms with E-state index >= 15 is 0 Å². The van der Waals surface area contributed by atoms with Gasteiger partial charge in [0, 0.05) is 17.1 Å². The summed E-state index contributed by atoms with van der Waals surface area (Å²) in [6, 6.07) is 18.1. The molecule has 0 bridgehead atoms. The lowest BCUT2D eigenvalue weighted by atomic mass is 10.1. The molecule has 0 saturated carbocycles. The minimum Gasteiger partial charge on any atom is -0.350 e. The van der Waals surface area contributed by atoms with E-state index in [9.17, 15) is 18.0 Å². The molecule has 3 aromatic carbocycles. The highest BCUT2D eigenvalue weighted by molar-refractivity contribution is 7.92. The van der Waals surface area contributed by atoms with Gasteiger partial charge in [0.1, 0.15) is 12.6 Å². The number of carbonyl (C=O) groups is 2. The minimum atomic E-state index is -4.17. The molecule has 0 heterocycles. The molecule has 0 spiro atoms. The Kier molecular flexibility index (Phi) is 9.69. The van der Waals surface area contributed by atoms with Gasteiger partial charge in [-0.3, -0.25) is 13.9 Å². The fourth-order valence-electron chi connectivity index (χ4n) is 4.23. The smallest absolute Gasteiger partial charge is 0.264 e. The van der Waals surface area contributed by atoms with Gasteiger partial charge in [-0.25, -0.2) is 8.42 Å². The van der Waals surface area contributed by atoms with Gasteiger partial charge in [-0.15, -0.1) is 0 Å². The lowest BCUT2D eigenvalue weighted by molar-refractivity contribution is -0.140. The first kappa shape index (κ1) is 31.2. The first-order valence-corrected chi connectivity index (χ1v) is 14.9. The monoisotopic (exact) mass is 583 g/mol. The van der Waals surface area contributed by atoms with Gasteiger partial charge in [0.25, 0.3) is 10.0 Å². The van der Waals surface area contributed by atoms with Gasteiger partial charge in [-0.2, -0.15) is 0 Å². The average Bonchev–Trinajstić information content (AvgIpc) is 2.87. The first-order valence-electron chi connectivity index (χ1n) is 13.1. The average molecular weight is 584 g/mol. The summed E-state index contributed by atoms with van der Waals surface area (Å²) in [6.07, 6.45) is 0. The number of aryl methyl sites for hydroxylation is 3. The molecule has 3 rings (SSSR count). The highest BCUT2D eigenvalue weighted by Crippen LogP contribution is 2.30. The van der Waals surface area contributed by atoms with Gasteiger partial charge in [0.05, 0.1) is 10.6 Å². The second kappa shape index (κ2) is 12.4. The second-order valence-electron chi connectivity index (χ2n) is 11.1. The quantitative estimate of drug-likeness (QED) is 0.345. The van der Waals surface area contributed by atoms with Crippen molar-refractivity contribution in [3.05, 3.63) is 94.0 Å². The Bertz CT molecular complexity index is 1480. The maximum atomic E-state index is 14.1. The molecule has 9 heteroatoms.